The molecule has 2 aromatic rings. The first-order valence-electron chi connectivity index (χ1n) is 13.6. The fourth-order valence-electron chi connectivity index (χ4n) is 6.23. The van der Waals surface area contributed by atoms with Crippen molar-refractivity contribution in [2.75, 3.05) is 0 Å². The molecule has 33 heavy (non-hydrogen) atoms. The average molecular weight is 447 g/mol. The quantitative estimate of drug-likeness (QED) is 0.185. The van der Waals surface area contributed by atoms with Gasteiger partial charge in [0.1, 0.15) is 6.10 Å². The summed E-state index contributed by atoms with van der Waals surface area (Å²) in [6.07, 6.45) is 16.3. The number of hydrogen-bond acceptors (Lipinski definition) is 2. The Labute approximate surface area is 200 Å². The number of fused-ring (bicyclic) bond motifs is 3. The van der Waals surface area contributed by atoms with Gasteiger partial charge in [-0.2, -0.15) is 0 Å². The van der Waals surface area contributed by atoms with Crippen molar-refractivity contribution in [3.63, 3.8) is 0 Å². The second-order valence-corrected chi connectivity index (χ2v) is 10.4. The van der Waals surface area contributed by atoms with Crippen LogP contribution in [0.15, 0.2) is 48.6 Å². The van der Waals surface area contributed by atoms with Crippen LogP contribution in [0.4, 0.5) is 0 Å². The van der Waals surface area contributed by atoms with Gasteiger partial charge in [0.2, 0.25) is 0 Å². The molecule has 2 nitrogen and oxygen atoms in total. The number of benzene rings is 2. The van der Waals surface area contributed by atoms with Crippen molar-refractivity contribution in [2.24, 2.45) is 11.8 Å². The van der Waals surface area contributed by atoms with E-state index in [0.29, 0.717) is 11.8 Å². The first-order valence-corrected chi connectivity index (χ1v) is 13.6. The smallest absolute Gasteiger partial charge is 0.313 e. The predicted octanol–water partition coefficient (Wildman–Crippen LogP) is 8.70. The fourth-order valence-corrected chi connectivity index (χ4v) is 6.23. The summed E-state index contributed by atoms with van der Waals surface area (Å²) in [5, 5.41) is 2.67. The highest BCUT2D eigenvalue weighted by Crippen LogP contribution is 2.56. The summed E-state index contributed by atoms with van der Waals surface area (Å²) in [5.74, 6) is 0.795. The van der Waals surface area contributed by atoms with E-state index in [0.717, 1.165) is 25.7 Å². The van der Waals surface area contributed by atoms with Crippen molar-refractivity contribution in [3.05, 3.63) is 59.7 Å². The molecule has 0 amide bonds. The molecule has 0 saturated heterocycles. The van der Waals surface area contributed by atoms with E-state index in [2.05, 4.69) is 69.3 Å². The van der Waals surface area contributed by atoms with Crippen molar-refractivity contribution < 1.29 is 9.53 Å². The summed E-state index contributed by atoms with van der Waals surface area (Å²) in [7, 11) is 0. The van der Waals surface area contributed by atoms with Gasteiger partial charge in [0.15, 0.2) is 0 Å². The predicted molar refractivity (Wildman–Crippen MR) is 139 cm³/mol. The van der Waals surface area contributed by atoms with Crippen LogP contribution in [0.1, 0.15) is 108 Å². The minimum Gasteiger partial charge on any atom is -0.462 e. The van der Waals surface area contributed by atoms with Gasteiger partial charge in [-0.3, -0.25) is 4.79 Å². The molecule has 0 radical (unpaired) electrons. The molecule has 0 aliphatic heterocycles. The van der Waals surface area contributed by atoms with E-state index in [-0.39, 0.29) is 23.9 Å². The molecule has 2 aliphatic carbocycles. The van der Waals surface area contributed by atoms with Crippen LogP contribution in [0, 0.1) is 11.8 Å². The molecule has 2 aromatic carbocycles. The minimum absolute atomic E-state index is 0.00561. The summed E-state index contributed by atoms with van der Waals surface area (Å²) >= 11 is 0. The molecule has 2 aliphatic rings. The number of ether oxygens (including phenoxy) is 1. The number of carbonyl (C=O) groups excluding carboxylic acids is 1. The van der Waals surface area contributed by atoms with Gasteiger partial charge in [-0.15, -0.1) is 0 Å². The third-order valence-electron chi connectivity index (χ3n) is 7.96. The Kier molecular flexibility index (Phi) is 8.28. The Balaban J connectivity index is 1.51. The standard InChI is InChI=1S/C31H42O2/c1-4-6-8-10-16-24(17-11-9-7-5-2)33-31(32)27-21-20-22(3)28-25-18-12-14-23-15-13-19-26(29(23)25)30(27)28/h12-15,18-22,24,27-28,30H,4-11,16-17H2,1-3H3. The van der Waals surface area contributed by atoms with Crippen LogP contribution >= 0.6 is 0 Å². The van der Waals surface area contributed by atoms with Crippen molar-refractivity contribution in [1.29, 1.82) is 0 Å². The molecule has 4 unspecified atom stereocenters. The van der Waals surface area contributed by atoms with Gasteiger partial charge in [0.05, 0.1) is 5.92 Å². The van der Waals surface area contributed by atoms with Crippen LogP contribution in [-0.2, 0) is 9.53 Å². The molecule has 0 heterocycles. The third kappa shape index (κ3) is 5.20. The summed E-state index contributed by atoms with van der Waals surface area (Å²) < 4.78 is 6.30. The van der Waals surface area contributed by atoms with Crippen molar-refractivity contribution in [2.45, 2.75) is 103 Å². The Morgan fingerprint density at radius 1 is 0.818 bits per heavy atom. The first kappa shape index (κ1) is 24.0. The summed E-state index contributed by atoms with van der Waals surface area (Å²) in [6, 6.07) is 13.3. The van der Waals surface area contributed by atoms with Gasteiger partial charge in [-0.25, -0.2) is 0 Å². The second-order valence-electron chi connectivity index (χ2n) is 10.4. The molecule has 4 atom stereocenters. The van der Waals surface area contributed by atoms with E-state index >= 15 is 0 Å². The number of unbranched alkanes of at least 4 members (excludes halogenated alkanes) is 6. The van der Waals surface area contributed by atoms with E-state index in [9.17, 15) is 4.79 Å². The average Bonchev–Trinajstić information content (AvgIpc) is 3.17. The number of esters is 1. The van der Waals surface area contributed by atoms with Crippen LogP contribution in [0.25, 0.3) is 10.8 Å². The summed E-state index contributed by atoms with van der Waals surface area (Å²) in [6.45, 7) is 6.79. The Morgan fingerprint density at radius 2 is 1.42 bits per heavy atom. The van der Waals surface area contributed by atoms with E-state index in [1.54, 1.807) is 0 Å². The normalized spacial score (nSPS) is 23.3. The van der Waals surface area contributed by atoms with Gasteiger partial charge in [0.25, 0.3) is 0 Å². The van der Waals surface area contributed by atoms with Gasteiger partial charge >= 0.3 is 5.97 Å². The van der Waals surface area contributed by atoms with Crippen LogP contribution in [-0.4, -0.2) is 12.1 Å². The van der Waals surface area contributed by atoms with Gasteiger partial charge in [-0.1, -0.05) is 108 Å². The molecular formula is C31H42O2. The molecule has 0 fully saturated rings. The zero-order valence-electron chi connectivity index (χ0n) is 20.9. The van der Waals surface area contributed by atoms with Gasteiger partial charge in [0, 0.05) is 5.92 Å². The topological polar surface area (TPSA) is 26.3 Å². The number of allylic oxidation sites excluding steroid dienone is 1. The summed E-state index contributed by atoms with van der Waals surface area (Å²) in [5.41, 5.74) is 2.76. The van der Waals surface area contributed by atoms with Crippen molar-refractivity contribution in [1.82, 2.24) is 0 Å². The lowest BCUT2D eigenvalue weighted by atomic mass is 9.70. The maximum absolute atomic E-state index is 13.6. The Hall–Kier alpha value is -2.09. The molecule has 0 aromatic heterocycles. The van der Waals surface area contributed by atoms with E-state index in [4.69, 9.17) is 4.74 Å². The highest BCUT2D eigenvalue weighted by Gasteiger charge is 2.45. The summed E-state index contributed by atoms with van der Waals surface area (Å²) in [4.78, 5) is 13.6. The van der Waals surface area contributed by atoms with Crippen LogP contribution in [0.5, 0.6) is 0 Å². The molecule has 0 bridgehead atoms. The van der Waals surface area contributed by atoms with Crippen LogP contribution in [0.2, 0.25) is 0 Å². The van der Waals surface area contributed by atoms with Crippen molar-refractivity contribution in [3.8, 4) is 0 Å². The number of hydrogen-bond donors (Lipinski definition) is 0. The lowest BCUT2D eigenvalue weighted by molar-refractivity contribution is -0.154. The molecule has 0 saturated carbocycles. The van der Waals surface area contributed by atoms with E-state index in [1.165, 1.54) is 60.4 Å². The SMILES string of the molecule is CCCCCCC(CCCCCC)OC(=O)C1C=CC(C)C2c3cccc4cccc(c34)C12. The lowest BCUT2D eigenvalue weighted by Crippen LogP contribution is -2.32. The number of rotatable bonds is 12. The molecule has 178 valence electrons. The second kappa shape index (κ2) is 11.4. The van der Waals surface area contributed by atoms with E-state index in [1.807, 2.05) is 0 Å². The Bertz CT molecular complexity index is 941. The molecular weight excluding hydrogens is 404 g/mol. The van der Waals surface area contributed by atoms with Crippen LogP contribution < -0.4 is 0 Å². The maximum atomic E-state index is 13.6. The highest BCUT2D eigenvalue weighted by molar-refractivity contribution is 5.94. The minimum atomic E-state index is -0.182. The zero-order valence-corrected chi connectivity index (χ0v) is 20.9. The maximum Gasteiger partial charge on any atom is 0.313 e. The fraction of sp³-hybridized carbons (Fsp3) is 0.581. The Morgan fingerprint density at radius 3 is 2.03 bits per heavy atom. The largest absolute Gasteiger partial charge is 0.462 e. The molecule has 0 spiro atoms. The van der Waals surface area contributed by atoms with Gasteiger partial charge in [-0.05, 0) is 59.4 Å². The zero-order chi connectivity index (χ0) is 23.2. The lowest BCUT2D eigenvalue weighted by Gasteiger charge is -2.34. The molecule has 2 heteroatoms. The van der Waals surface area contributed by atoms with Crippen molar-refractivity contribution >= 4 is 16.7 Å². The number of carbonyl (C=O) groups is 1. The highest BCUT2D eigenvalue weighted by atomic mass is 16.5. The first-order chi connectivity index (χ1) is 16.2. The van der Waals surface area contributed by atoms with E-state index < -0.39 is 0 Å². The van der Waals surface area contributed by atoms with Crippen LogP contribution in [0.3, 0.4) is 0 Å². The third-order valence-corrected chi connectivity index (χ3v) is 7.96. The monoisotopic (exact) mass is 446 g/mol. The molecule has 4 rings (SSSR count). The van der Waals surface area contributed by atoms with Gasteiger partial charge < -0.3 is 4.74 Å². The molecule has 0 N–H and O–H groups in total.